The van der Waals surface area contributed by atoms with Crippen LogP contribution in [-0.4, -0.2) is 63.4 Å². The van der Waals surface area contributed by atoms with Crippen molar-refractivity contribution in [3.63, 3.8) is 0 Å². The van der Waals surface area contributed by atoms with Crippen LogP contribution in [-0.2, 0) is 19.4 Å². The molecule has 1 atom stereocenters. The topological polar surface area (TPSA) is 80.5 Å². The molecule has 8 nitrogen and oxygen atoms in total. The third-order valence-corrected chi connectivity index (χ3v) is 5.40. The van der Waals surface area contributed by atoms with Crippen molar-refractivity contribution in [1.82, 2.24) is 30.0 Å². The van der Waals surface area contributed by atoms with Gasteiger partial charge in [0.2, 0.25) is 5.88 Å². The molecule has 0 saturated carbocycles. The first-order valence-corrected chi connectivity index (χ1v) is 10.3. The van der Waals surface area contributed by atoms with Gasteiger partial charge in [-0.1, -0.05) is 12.5 Å². The minimum Gasteiger partial charge on any atom is -0.472 e. The lowest BCUT2D eigenvalue weighted by molar-refractivity contribution is 0.205. The van der Waals surface area contributed by atoms with Gasteiger partial charge < -0.3 is 19.5 Å². The minimum atomic E-state index is 0. The third kappa shape index (κ3) is 5.58. The lowest BCUT2D eigenvalue weighted by Gasteiger charge is -2.21. The Bertz CT molecular complexity index is 795. The van der Waals surface area contributed by atoms with Crippen molar-refractivity contribution < 1.29 is 4.74 Å². The van der Waals surface area contributed by atoms with Crippen LogP contribution < -0.4 is 10.1 Å². The molecular weight excluding hydrogens is 481 g/mol. The fourth-order valence-electron chi connectivity index (χ4n) is 3.95. The SMILES string of the molecule is CN=C(NCCc1nnc2n1CCCCC2)N1CCC(Oc2ccccn2)C1.I. The highest BCUT2D eigenvalue weighted by Gasteiger charge is 2.26. The largest absolute Gasteiger partial charge is 0.472 e. The molecule has 158 valence electrons. The van der Waals surface area contributed by atoms with Crippen molar-refractivity contribution in [3.8, 4) is 5.88 Å². The van der Waals surface area contributed by atoms with Crippen LogP contribution in [0.2, 0.25) is 0 Å². The molecule has 2 aliphatic heterocycles. The smallest absolute Gasteiger partial charge is 0.213 e. The fourth-order valence-corrected chi connectivity index (χ4v) is 3.95. The van der Waals surface area contributed by atoms with E-state index in [-0.39, 0.29) is 30.1 Å². The molecule has 0 aromatic carbocycles. The van der Waals surface area contributed by atoms with E-state index >= 15 is 0 Å². The van der Waals surface area contributed by atoms with Gasteiger partial charge in [0.25, 0.3) is 0 Å². The van der Waals surface area contributed by atoms with Gasteiger partial charge in [0.05, 0.1) is 6.54 Å². The molecule has 0 aliphatic carbocycles. The van der Waals surface area contributed by atoms with Crippen LogP contribution in [0.15, 0.2) is 29.4 Å². The quantitative estimate of drug-likeness (QED) is 0.377. The maximum Gasteiger partial charge on any atom is 0.213 e. The molecule has 2 aliphatic rings. The summed E-state index contributed by atoms with van der Waals surface area (Å²) >= 11 is 0. The number of nitrogens with one attached hydrogen (secondary N) is 1. The van der Waals surface area contributed by atoms with Crippen molar-refractivity contribution in [3.05, 3.63) is 36.0 Å². The summed E-state index contributed by atoms with van der Waals surface area (Å²) in [5.41, 5.74) is 0. The van der Waals surface area contributed by atoms with Crippen LogP contribution in [0.1, 0.15) is 37.3 Å². The summed E-state index contributed by atoms with van der Waals surface area (Å²) in [5.74, 6) is 3.83. The van der Waals surface area contributed by atoms with Gasteiger partial charge in [-0.3, -0.25) is 4.99 Å². The Morgan fingerprint density at radius 1 is 1.24 bits per heavy atom. The summed E-state index contributed by atoms with van der Waals surface area (Å²) in [6.45, 7) is 3.59. The zero-order chi connectivity index (χ0) is 19.2. The Kier molecular flexibility index (Phi) is 8.08. The average Bonchev–Trinajstić information content (AvgIpc) is 3.26. The summed E-state index contributed by atoms with van der Waals surface area (Å²) in [6, 6.07) is 5.74. The number of nitrogens with zero attached hydrogens (tertiary/aromatic N) is 6. The van der Waals surface area contributed by atoms with E-state index in [0.717, 1.165) is 63.0 Å². The van der Waals surface area contributed by atoms with Gasteiger partial charge in [-0.2, -0.15) is 0 Å². The second-order valence-electron chi connectivity index (χ2n) is 7.36. The van der Waals surface area contributed by atoms with Gasteiger partial charge in [0.15, 0.2) is 5.96 Å². The molecule has 9 heteroatoms. The number of ether oxygens (including phenoxy) is 1. The van der Waals surface area contributed by atoms with Crippen molar-refractivity contribution in [2.24, 2.45) is 4.99 Å². The average molecular weight is 511 g/mol. The van der Waals surface area contributed by atoms with Crippen molar-refractivity contribution in [2.75, 3.05) is 26.7 Å². The number of pyridine rings is 1. The molecule has 4 heterocycles. The zero-order valence-corrected chi connectivity index (χ0v) is 19.3. The zero-order valence-electron chi connectivity index (χ0n) is 17.0. The predicted molar refractivity (Wildman–Crippen MR) is 123 cm³/mol. The number of aryl methyl sites for hydroxylation is 1. The van der Waals surface area contributed by atoms with E-state index in [1.807, 2.05) is 25.2 Å². The monoisotopic (exact) mass is 511 g/mol. The summed E-state index contributed by atoms with van der Waals surface area (Å²) in [6.07, 6.45) is 8.49. The van der Waals surface area contributed by atoms with Gasteiger partial charge in [0.1, 0.15) is 17.8 Å². The Morgan fingerprint density at radius 3 is 3.00 bits per heavy atom. The molecule has 1 saturated heterocycles. The van der Waals surface area contributed by atoms with E-state index in [2.05, 4.69) is 35.0 Å². The highest BCUT2D eigenvalue weighted by atomic mass is 127. The van der Waals surface area contributed by atoms with Crippen LogP contribution in [0.3, 0.4) is 0 Å². The molecule has 0 radical (unpaired) electrons. The van der Waals surface area contributed by atoms with Crippen molar-refractivity contribution >= 4 is 29.9 Å². The van der Waals surface area contributed by atoms with E-state index in [9.17, 15) is 0 Å². The number of guanidine groups is 1. The molecule has 2 aromatic heterocycles. The maximum absolute atomic E-state index is 5.98. The Labute approximate surface area is 189 Å². The fraction of sp³-hybridized carbons (Fsp3) is 0.600. The lowest BCUT2D eigenvalue weighted by Crippen LogP contribution is -2.41. The van der Waals surface area contributed by atoms with E-state index in [0.29, 0.717) is 5.88 Å². The molecule has 0 amide bonds. The van der Waals surface area contributed by atoms with Crippen LogP contribution in [0.25, 0.3) is 0 Å². The summed E-state index contributed by atoms with van der Waals surface area (Å²) in [4.78, 5) is 10.9. The number of hydrogen-bond acceptors (Lipinski definition) is 5. The second-order valence-corrected chi connectivity index (χ2v) is 7.36. The molecule has 29 heavy (non-hydrogen) atoms. The van der Waals surface area contributed by atoms with Crippen molar-refractivity contribution in [1.29, 1.82) is 0 Å². The Hall–Kier alpha value is -1.91. The van der Waals surface area contributed by atoms with Gasteiger partial charge in [0, 0.05) is 58.2 Å². The Morgan fingerprint density at radius 2 is 2.17 bits per heavy atom. The van der Waals surface area contributed by atoms with Crippen molar-refractivity contribution in [2.45, 2.75) is 51.2 Å². The molecule has 0 bridgehead atoms. The predicted octanol–water partition coefficient (Wildman–Crippen LogP) is 2.29. The van der Waals surface area contributed by atoms with Gasteiger partial charge in [-0.25, -0.2) is 4.98 Å². The first kappa shape index (κ1) is 21.8. The van der Waals surface area contributed by atoms with Gasteiger partial charge in [-0.15, -0.1) is 34.2 Å². The van der Waals surface area contributed by atoms with Crippen LogP contribution in [0.4, 0.5) is 0 Å². The lowest BCUT2D eigenvalue weighted by atomic mass is 10.2. The minimum absolute atomic E-state index is 0. The third-order valence-electron chi connectivity index (χ3n) is 5.40. The maximum atomic E-state index is 5.98. The molecular formula is C20H30IN7O. The molecule has 4 rings (SSSR count). The van der Waals surface area contributed by atoms with Crippen LogP contribution in [0, 0.1) is 0 Å². The number of fused-ring (bicyclic) bond motifs is 1. The number of hydrogen-bond donors (Lipinski definition) is 1. The molecule has 1 unspecified atom stereocenters. The molecule has 0 spiro atoms. The standard InChI is InChI=1S/C20H29N7O.HI/c1-21-20(26-14-10-16(15-26)28-19-8-4-5-11-22-19)23-12-9-18-25-24-17-7-3-2-6-13-27(17)18;/h4-5,8,11,16H,2-3,6-7,9-10,12-15H2,1H3,(H,21,23);1H. The highest BCUT2D eigenvalue weighted by Crippen LogP contribution is 2.17. The van der Waals surface area contributed by atoms with E-state index in [1.165, 1.54) is 19.3 Å². The molecule has 1 fully saturated rings. The number of likely N-dealkylation sites (tertiary alicyclic amines) is 1. The molecule has 1 N–H and O–H groups in total. The first-order chi connectivity index (χ1) is 13.8. The number of halogens is 1. The van der Waals surface area contributed by atoms with Crippen LogP contribution in [0.5, 0.6) is 5.88 Å². The first-order valence-electron chi connectivity index (χ1n) is 10.3. The van der Waals surface area contributed by atoms with E-state index in [4.69, 9.17) is 4.74 Å². The van der Waals surface area contributed by atoms with E-state index < -0.39 is 0 Å². The molecule has 2 aromatic rings. The highest BCUT2D eigenvalue weighted by molar-refractivity contribution is 14.0. The van der Waals surface area contributed by atoms with Gasteiger partial charge >= 0.3 is 0 Å². The summed E-state index contributed by atoms with van der Waals surface area (Å²) in [7, 11) is 1.83. The summed E-state index contributed by atoms with van der Waals surface area (Å²) < 4.78 is 8.29. The van der Waals surface area contributed by atoms with Crippen LogP contribution >= 0.6 is 24.0 Å². The number of rotatable bonds is 5. The second kappa shape index (κ2) is 10.7. The Balaban J connectivity index is 0.00000240. The van der Waals surface area contributed by atoms with E-state index in [1.54, 1.807) is 6.20 Å². The number of aliphatic imine (C=N–C) groups is 1. The normalized spacial score (nSPS) is 19.3. The number of aromatic nitrogens is 4. The summed E-state index contributed by atoms with van der Waals surface area (Å²) in [5, 5.41) is 12.3. The van der Waals surface area contributed by atoms with Gasteiger partial charge in [-0.05, 0) is 18.9 Å².